The van der Waals surface area contributed by atoms with Crippen LogP contribution < -0.4 is 10.6 Å². The zero-order valence-electron chi connectivity index (χ0n) is 14.5. The van der Waals surface area contributed by atoms with Gasteiger partial charge in [0.25, 0.3) is 0 Å². The van der Waals surface area contributed by atoms with Crippen molar-refractivity contribution in [2.24, 2.45) is 0 Å². The van der Waals surface area contributed by atoms with E-state index in [4.69, 9.17) is 4.74 Å². The van der Waals surface area contributed by atoms with Crippen LogP contribution in [0.4, 0.5) is 5.69 Å². The van der Waals surface area contributed by atoms with E-state index in [1.54, 1.807) is 25.6 Å². The highest BCUT2D eigenvalue weighted by molar-refractivity contribution is 5.91. The average molecular weight is 367 g/mol. The van der Waals surface area contributed by atoms with Gasteiger partial charge < -0.3 is 15.4 Å². The van der Waals surface area contributed by atoms with E-state index in [0.717, 1.165) is 5.69 Å². The van der Waals surface area contributed by atoms with Gasteiger partial charge in [-0.2, -0.15) is 5.10 Å². The van der Waals surface area contributed by atoms with Crippen LogP contribution in [0.15, 0.2) is 30.5 Å². The summed E-state index contributed by atoms with van der Waals surface area (Å²) in [6.07, 6.45) is 1.89. The summed E-state index contributed by atoms with van der Waals surface area (Å²) in [5, 5.41) is 10.0. The molecule has 1 heterocycles. The molecule has 2 N–H and O–H groups in total. The van der Waals surface area contributed by atoms with E-state index in [-0.39, 0.29) is 18.3 Å². The van der Waals surface area contributed by atoms with Crippen LogP contribution >= 0.6 is 12.4 Å². The molecule has 1 aromatic carbocycles. The third-order valence-corrected chi connectivity index (χ3v) is 3.48. The number of aromatic nitrogens is 2. The number of hydrogen-bond donors (Lipinski definition) is 2. The van der Waals surface area contributed by atoms with E-state index in [9.17, 15) is 9.59 Å². The summed E-state index contributed by atoms with van der Waals surface area (Å²) in [6.45, 7) is 4.50. The van der Waals surface area contributed by atoms with Crippen LogP contribution in [0.1, 0.15) is 29.4 Å². The summed E-state index contributed by atoms with van der Waals surface area (Å²) in [4.78, 5) is 23.7. The van der Waals surface area contributed by atoms with E-state index in [0.29, 0.717) is 36.5 Å². The highest BCUT2D eigenvalue weighted by Crippen LogP contribution is 2.18. The van der Waals surface area contributed by atoms with Gasteiger partial charge in [0, 0.05) is 18.7 Å². The Hall–Kier alpha value is -2.38. The van der Waals surface area contributed by atoms with Crippen LogP contribution in [0.3, 0.4) is 0 Å². The van der Waals surface area contributed by atoms with Gasteiger partial charge in [0.15, 0.2) is 0 Å². The minimum absolute atomic E-state index is 0. The van der Waals surface area contributed by atoms with Crippen molar-refractivity contribution < 1.29 is 14.3 Å². The Morgan fingerprint density at radius 2 is 2.08 bits per heavy atom. The predicted molar refractivity (Wildman–Crippen MR) is 98.7 cm³/mol. The standard InChI is InChI=1S/C17H22N4O3.ClH/c1-4-24-17(23)15-11-19-21(12(15)2)14-7-5-6-13(10-14)20-16(22)8-9-18-3;/h5-7,10-11,18H,4,8-9H2,1-3H3,(H,20,22);1H. The van der Waals surface area contributed by atoms with E-state index < -0.39 is 5.97 Å². The van der Waals surface area contributed by atoms with Crippen LogP contribution in [0, 0.1) is 6.92 Å². The third kappa shape index (κ3) is 5.30. The lowest BCUT2D eigenvalue weighted by Gasteiger charge is -2.09. The number of nitrogens with one attached hydrogen (secondary N) is 2. The van der Waals surface area contributed by atoms with Gasteiger partial charge >= 0.3 is 5.97 Å². The van der Waals surface area contributed by atoms with Crippen molar-refractivity contribution >= 4 is 30.0 Å². The molecule has 0 aliphatic carbocycles. The maximum atomic E-state index is 11.9. The second kappa shape index (κ2) is 9.80. The Bertz CT molecular complexity index is 730. The minimum atomic E-state index is -0.391. The van der Waals surface area contributed by atoms with Crippen molar-refractivity contribution in [2.75, 3.05) is 25.5 Å². The molecule has 1 amide bonds. The Balaban J connectivity index is 0.00000312. The smallest absolute Gasteiger partial charge is 0.341 e. The van der Waals surface area contributed by atoms with Crippen molar-refractivity contribution in [3.8, 4) is 5.69 Å². The van der Waals surface area contributed by atoms with Gasteiger partial charge in [-0.3, -0.25) is 4.79 Å². The zero-order valence-corrected chi connectivity index (χ0v) is 15.4. The van der Waals surface area contributed by atoms with Crippen molar-refractivity contribution in [1.82, 2.24) is 15.1 Å². The molecular formula is C17H23ClN4O3. The molecule has 2 rings (SSSR count). The summed E-state index contributed by atoms with van der Waals surface area (Å²) in [7, 11) is 1.80. The fourth-order valence-electron chi connectivity index (χ4n) is 2.26. The number of nitrogens with zero attached hydrogens (tertiary/aromatic N) is 2. The van der Waals surface area contributed by atoms with Crippen LogP contribution in [-0.4, -0.2) is 41.9 Å². The molecule has 7 nitrogen and oxygen atoms in total. The second-order valence-electron chi connectivity index (χ2n) is 5.23. The van der Waals surface area contributed by atoms with E-state index in [1.807, 2.05) is 24.3 Å². The molecule has 0 saturated heterocycles. The molecule has 0 aliphatic rings. The van der Waals surface area contributed by atoms with Crippen molar-refractivity contribution in [2.45, 2.75) is 20.3 Å². The largest absolute Gasteiger partial charge is 0.462 e. The van der Waals surface area contributed by atoms with Crippen LogP contribution in [0.5, 0.6) is 0 Å². The van der Waals surface area contributed by atoms with Crippen molar-refractivity contribution in [3.63, 3.8) is 0 Å². The first-order valence-corrected chi connectivity index (χ1v) is 7.83. The van der Waals surface area contributed by atoms with Crippen LogP contribution in [-0.2, 0) is 9.53 Å². The summed E-state index contributed by atoms with van der Waals surface area (Å²) in [5.74, 6) is -0.455. The number of ether oxygens (including phenoxy) is 1. The number of carbonyl (C=O) groups excluding carboxylic acids is 2. The van der Waals surface area contributed by atoms with Crippen LogP contribution in [0.2, 0.25) is 0 Å². The monoisotopic (exact) mass is 366 g/mol. The van der Waals surface area contributed by atoms with Gasteiger partial charge in [-0.05, 0) is 39.1 Å². The number of rotatable bonds is 7. The molecule has 2 aromatic rings. The predicted octanol–water partition coefficient (Wildman–Crippen LogP) is 2.33. The van der Waals surface area contributed by atoms with E-state index in [1.165, 1.54) is 6.20 Å². The topological polar surface area (TPSA) is 85.2 Å². The number of hydrogen-bond acceptors (Lipinski definition) is 5. The average Bonchev–Trinajstić information content (AvgIpc) is 2.95. The molecule has 25 heavy (non-hydrogen) atoms. The third-order valence-electron chi connectivity index (χ3n) is 3.48. The van der Waals surface area contributed by atoms with Crippen LogP contribution in [0.25, 0.3) is 5.69 Å². The maximum Gasteiger partial charge on any atom is 0.341 e. The lowest BCUT2D eigenvalue weighted by Crippen LogP contribution is -2.18. The first-order chi connectivity index (χ1) is 11.6. The molecule has 0 unspecified atom stereocenters. The first-order valence-electron chi connectivity index (χ1n) is 7.83. The Labute approximate surface area is 153 Å². The number of halogens is 1. The number of esters is 1. The van der Waals surface area contributed by atoms with Gasteiger partial charge in [0.1, 0.15) is 5.56 Å². The summed E-state index contributed by atoms with van der Waals surface area (Å²) in [6, 6.07) is 7.31. The van der Waals surface area contributed by atoms with Crippen molar-refractivity contribution in [1.29, 1.82) is 0 Å². The van der Waals surface area contributed by atoms with Gasteiger partial charge in [-0.25, -0.2) is 9.48 Å². The second-order valence-corrected chi connectivity index (χ2v) is 5.23. The SMILES string of the molecule is CCOC(=O)c1cnn(-c2cccc(NC(=O)CCNC)c2)c1C.Cl. The Morgan fingerprint density at radius 1 is 1.32 bits per heavy atom. The van der Waals surface area contributed by atoms with Gasteiger partial charge in [0.2, 0.25) is 5.91 Å². The highest BCUT2D eigenvalue weighted by atomic mass is 35.5. The Kier molecular flexibility index (Phi) is 8.10. The minimum Gasteiger partial charge on any atom is -0.462 e. The highest BCUT2D eigenvalue weighted by Gasteiger charge is 2.16. The molecule has 8 heteroatoms. The molecule has 0 bridgehead atoms. The summed E-state index contributed by atoms with van der Waals surface area (Å²) >= 11 is 0. The number of anilines is 1. The summed E-state index contributed by atoms with van der Waals surface area (Å²) < 4.78 is 6.66. The van der Waals surface area contributed by atoms with E-state index in [2.05, 4.69) is 15.7 Å². The summed E-state index contributed by atoms with van der Waals surface area (Å²) in [5.41, 5.74) is 2.56. The number of amides is 1. The fraction of sp³-hybridized carbons (Fsp3) is 0.353. The van der Waals surface area contributed by atoms with Gasteiger partial charge in [0.05, 0.1) is 24.2 Å². The zero-order chi connectivity index (χ0) is 17.5. The quantitative estimate of drug-likeness (QED) is 0.734. The molecular weight excluding hydrogens is 344 g/mol. The van der Waals surface area contributed by atoms with Crippen molar-refractivity contribution in [3.05, 3.63) is 41.7 Å². The van der Waals surface area contributed by atoms with Gasteiger partial charge in [-0.1, -0.05) is 6.07 Å². The number of benzene rings is 1. The molecule has 0 atom stereocenters. The molecule has 136 valence electrons. The molecule has 0 fully saturated rings. The van der Waals surface area contributed by atoms with E-state index >= 15 is 0 Å². The molecule has 0 saturated carbocycles. The molecule has 1 aromatic heterocycles. The maximum absolute atomic E-state index is 11.9. The fourth-order valence-corrected chi connectivity index (χ4v) is 2.26. The first kappa shape index (κ1) is 20.7. The number of carbonyl (C=O) groups is 2. The van der Waals surface area contributed by atoms with Gasteiger partial charge in [-0.15, -0.1) is 12.4 Å². The lowest BCUT2D eigenvalue weighted by molar-refractivity contribution is -0.116. The normalized spacial score (nSPS) is 10.0. The molecule has 0 radical (unpaired) electrons. The molecule has 0 spiro atoms. The lowest BCUT2D eigenvalue weighted by atomic mass is 10.2. The molecule has 0 aliphatic heterocycles. The Morgan fingerprint density at radius 3 is 2.76 bits per heavy atom.